The molecule has 7 nitrogen and oxygen atoms in total. The number of carbonyl (C=O) groups excluding carboxylic acids is 2. The SMILES string of the molecule is COc1ccc(CN(C)C(C)C(=O)N2CC(=O)Nc3cc(C(F)(F)F)ccc32)c(OC)c1. The van der Waals surface area contributed by atoms with Crippen LogP contribution in [0.5, 0.6) is 11.5 Å². The molecule has 0 saturated carbocycles. The van der Waals surface area contributed by atoms with Crippen LogP contribution in [0.25, 0.3) is 0 Å². The van der Waals surface area contributed by atoms with Gasteiger partial charge in [-0.1, -0.05) is 6.07 Å². The van der Waals surface area contributed by atoms with Crippen molar-refractivity contribution in [2.24, 2.45) is 0 Å². The molecule has 0 radical (unpaired) electrons. The summed E-state index contributed by atoms with van der Waals surface area (Å²) in [5, 5.41) is 2.42. The Labute approximate surface area is 183 Å². The zero-order valence-corrected chi connectivity index (χ0v) is 18.1. The van der Waals surface area contributed by atoms with E-state index >= 15 is 0 Å². The topological polar surface area (TPSA) is 71.1 Å². The van der Waals surface area contributed by atoms with Gasteiger partial charge in [-0.15, -0.1) is 0 Å². The lowest BCUT2D eigenvalue weighted by Gasteiger charge is -2.34. The molecule has 2 aromatic rings. The van der Waals surface area contributed by atoms with Crippen LogP contribution in [0.3, 0.4) is 0 Å². The van der Waals surface area contributed by atoms with Crippen molar-refractivity contribution in [2.75, 3.05) is 38.0 Å². The molecule has 1 N–H and O–H groups in total. The molecule has 0 aliphatic carbocycles. The fourth-order valence-electron chi connectivity index (χ4n) is 3.47. The molecule has 172 valence electrons. The first-order chi connectivity index (χ1) is 15.0. The Balaban J connectivity index is 1.82. The number of carbonyl (C=O) groups is 2. The van der Waals surface area contributed by atoms with Crippen molar-refractivity contribution in [2.45, 2.75) is 25.7 Å². The third-order valence-corrected chi connectivity index (χ3v) is 5.39. The Morgan fingerprint density at radius 1 is 1.19 bits per heavy atom. The van der Waals surface area contributed by atoms with Gasteiger partial charge in [0.25, 0.3) is 0 Å². The molecule has 0 bridgehead atoms. The van der Waals surface area contributed by atoms with Crippen molar-refractivity contribution in [1.29, 1.82) is 0 Å². The van der Waals surface area contributed by atoms with E-state index in [9.17, 15) is 22.8 Å². The van der Waals surface area contributed by atoms with Crippen LogP contribution in [0.15, 0.2) is 36.4 Å². The monoisotopic (exact) mass is 451 g/mol. The van der Waals surface area contributed by atoms with Crippen LogP contribution >= 0.6 is 0 Å². The van der Waals surface area contributed by atoms with Gasteiger partial charge in [0.05, 0.1) is 37.2 Å². The molecule has 2 aromatic carbocycles. The predicted molar refractivity (Wildman–Crippen MR) is 113 cm³/mol. The minimum absolute atomic E-state index is 0.0453. The van der Waals surface area contributed by atoms with E-state index in [1.54, 1.807) is 38.1 Å². The number of hydrogen-bond donors (Lipinski definition) is 1. The minimum Gasteiger partial charge on any atom is -0.497 e. The zero-order valence-electron chi connectivity index (χ0n) is 18.1. The van der Waals surface area contributed by atoms with Gasteiger partial charge in [-0.2, -0.15) is 13.2 Å². The predicted octanol–water partition coefficient (Wildman–Crippen LogP) is 3.53. The smallest absolute Gasteiger partial charge is 0.416 e. The highest BCUT2D eigenvalue weighted by atomic mass is 19.4. The van der Waals surface area contributed by atoms with E-state index in [1.165, 1.54) is 18.1 Å². The highest BCUT2D eigenvalue weighted by Gasteiger charge is 2.35. The van der Waals surface area contributed by atoms with Crippen molar-refractivity contribution < 1.29 is 32.2 Å². The minimum atomic E-state index is -4.56. The number of amides is 2. The highest BCUT2D eigenvalue weighted by Crippen LogP contribution is 2.37. The number of halogens is 3. The second kappa shape index (κ2) is 9.07. The number of hydrogen-bond acceptors (Lipinski definition) is 5. The zero-order chi connectivity index (χ0) is 23.6. The first-order valence-corrected chi connectivity index (χ1v) is 9.78. The van der Waals surface area contributed by atoms with Gasteiger partial charge in [-0.05, 0) is 38.2 Å². The number of ether oxygens (including phenoxy) is 2. The van der Waals surface area contributed by atoms with Crippen LogP contribution in [0, 0.1) is 0 Å². The Morgan fingerprint density at radius 3 is 2.53 bits per heavy atom. The summed E-state index contributed by atoms with van der Waals surface area (Å²) in [5.41, 5.74) is 0.102. The van der Waals surface area contributed by atoms with Gasteiger partial charge in [0.1, 0.15) is 18.0 Å². The van der Waals surface area contributed by atoms with Crippen LogP contribution in [-0.4, -0.2) is 50.6 Å². The van der Waals surface area contributed by atoms with E-state index in [1.807, 2.05) is 6.07 Å². The molecule has 1 aliphatic rings. The number of likely N-dealkylation sites (N-methyl/N-ethyl adjacent to an activating group) is 1. The molecular weight excluding hydrogens is 427 g/mol. The number of nitrogens with one attached hydrogen (secondary N) is 1. The van der Waals surface area contributed by atoms with E-state index in [0.29, 0.717) is 18.0 Å². The molecule has 0 fully saturated rings. The largest absolute Gasteiger partial charge is 0.497 e. The van der Waals surface area contributed by atoms with Gasteiger partial charge in [0, 0.05) is 18.2 Å². The summed E-state index contributed by atoms with van der Waals surface area (Å²) in [5.74, 6) is 0.262. The van der Waals surface area contributed by atoms with E-state index in [4.69, 9.17) is 9.47 Å². The van der Waals surface area contributed by atoms with Crippen LogP contribution in [-0.2, 0) is 22.3 Å². The molecule has 1 atom stereocenters. The van der Waals surface area contributed by atoms with Gasteiger partial charge in [-0.25, -0.2) is 0 Å². The van der Waals surface area contributed by atoms with Gasteiger partial charge >= 0.3 is 6.18 Å². The van der Waals surface area contributed by atoms with Gasteiger partial charge < -0.3 is 14.8 Å². The summed E-state index contributed by atoms with van der Waals surface area (Å²) in [6.45, 7) is 1.76. The number of anilines is 2. The molecular formula is C22H24F3N3O4. The summed E-state index contributed by atoms with van der Waals surface area (Å²) >= 11 is 0. The molecule has 3 rings (SSSR count). The summed E-state index contributed by atoms with van der Waals surface area (Å²) < 4.78 is 49.7. The van der Waals surface area contributed by atoms with E-state index in [2.05, 4.69) is 5.32 Å². The molecule has 32 heavy (non-hydrogen) atoms. The molecule has 0 aromatic heterocycles. The van der Waals surface area contributed by atoms with Crippen LogP contribution in [0.1, 0.15) is 18.1 Å². The van der Waals surface area contributed by atoms with Gasteiger partial charge in [-0.3, -0.25) is 19.4 Å². The van der Waals surface area contributed by atoms with Crippen molar-refractivity contribution in [3.05, 3.63) is 47.5 Å². The first kappa shape index (κ1) is 23.4. The van der Waals surface area contributed by atoms with Crippen LogP contribution in [0.2, 0.25) is 0 Å². The Kier molecular flexibility index (Phi) is 6.63. The molecule has 1 heterocycles. The molecule has 10 heteroatoms. The number of benzene rings is 2. The van der Waals surface area contributed by atoms with Crippen LogP contribution < -0.4 is 19.7 Å². The summed E-state index contributed by atoms with van der Waals surface area (Å²) in [6.07, 6.45) is -4.56. The lowest BCUT2D eigenvalue weighted by atomic mass is 10.1. The summed E-state index contributed by atoms with van der Waals surface area (Å²) in [6, 6.07) is 7.61. The van der Waals surface area contributed by atoms with Crippen molar-refractivity contribution in [3.8, 4) is 11.5 Å². The van der Waals surface area contributed by atoms with E-state index in [0.717, 1.165) is 17.7 Å². The fraction of sp³-hybridized carbons (Fsp3) is 0.364. The molecule has 0 spiro atoms. The molecule has 0 saturated heterocycles. The van der Waals surface area contributed by atoms with Crippen molar-refractivity contribution in [1.82, 2.24) is 4.90 Å². The Bertz CT molecular complexity index is 1030. The fourth-order valence-corrected chi connectivity index (χ4v) is 3.47. The lowest BCUT2D eigenvalue weighted by molar-refractivity contribution is -0.137. The van der Waals surface area contributed by atoms with Gasteiger partial charge in [0.2, 0.25) is 11.8 Å². The molecule has 2 amide bonds. The number of rotatable bonds is 6. The summed E-state index contributed by atoms with van der Waals surface area (Å²) in [4.78, 5) is 28.3. The number of nitrogens with zero attached hydrogens (tertiary/aromatic N) is 2. The maximum atomic E-state index is 13.2. The average Bonchev–Trinajstić information content (AvgIpc) is 2.76. The molecule has 1 aliphatic heterocycles. The third-order valence-electron chi connectivity index (χ3n) is 5.39. The summed E-state index contributed by atoms with van der Waals surface area (Å²) in [7, 11) is 4.82. The first-order valence-electron chi connectivity index (χ1n) is 9.78. The van der Waals surface area contributed by atoms with Gasteiger partial charge in [0.15, 0.2) is 0 Å². The van der Waals surface area contributed by atoms with E-state index in [-0.39, 0.29) is 17.9 Å². The van der Waals surface area contributed by atoms with Crippen molar-refractivity contribution in [3.63, 3.8) is 0 Å². The third kappa shape index (κ3) is 4.80. The highest BCUT2D eigenvalue weighted by molar-refractivity contribution is 6.11. The number of methoxy groups -OCH3 is 2. The maximum absolute atomic E-state index is 13.2. The molecule has 1 unspecified atom stereocenters. The van der Waals surface area contributed by atoms with Crippen LogP contribution in [0.4, 0.5) is 24.5 Å². The maximum Gasteiger partial charge on any atom is 0.416 e. The van der Waals surface area contributed by atoms with Crippen molar-refractivity contribution >= 4 is 23.2 Å². The van der Waals surface area contributed by atoms with E-state index < -0.39 is 29.6 Å². The second-order valence-corrected chi connectivity index (χ2v) is 7.47. The normalized spacial score (nSPS) is 14.6. The average molecular weight is 451 g/mol. The number of fused-ring (bicyclic) bond motifs is 1. The standard InChI is InChI=1S/C22H24F3N3O4/c1-13(27(2)11-14-5-7-16(31-3)10-19(14)32-4)21(30)28-12-20(29)26-17-9-15(22(23,24)25)6-8-18(17)28/h5-10,13H,11-12H2,1-4H3,(H,26,29). The Hall–Kier alpha value is -3.27. The quantitative estimate of drug-likeness (QED) is 0.728. The number of alkyl halides is 3. The second-order valence-electron chi connectivity index (χ2n) is 7.47. The lowest BCUT2D eigenvalue weighted by Crippen LogP contribution is -2.50. The Morgan fingerprint density at radius 2 is 1.91 bits per heavy atom.